The van der Waals surface area contributed by atoms with Gasteiger partial charge in [-0.1, -0.05) is 109 Å². The van der Waals surface area contributed by atoms with Crippen LogP contribution in [0.4, 0.5) is 0 Å². The van der Waals surface area contributed by atoms with Crippen molar-refractivity contribution in [1.82, 2.24) is 9.97 Å². The molecule has 0 unspecified atom stereocenters. The fourth-order valence-electron chi connectivity index (χ4n) is 5.81. The van der Waals surface area contributed by atoms with Gasteiger partial charge in [0.25, 0.3) is 0 Å². The Kier molecular flexibility index (Phi) is 6.82. The van der Waals surface area contributed by atoms with E-state index in [1.807, 2.05) is 18.3 Å². The number of nitrogens with zero attached hydrogens (tertiary/aromatic N) is 2. The molecule has 8 aromatic rings. The molecule has 0 bridgehead atoms. The predicted molar refractivity (Wildman–Crippen MR) is 184 cm³/mol. The molecule has 0 fully saturated rings. The van der Waals surface area contributed by atoms with Crippen molar-refractivity contribution in [1.29, 1.82) is 0 Å². The van der Waals surface area contributed by atoms with E-state index in [1.54, 1.807) is 6.20 Å². The minimum Gasteiger partial charge on any atom is -0.436 e. The van der Waals surface area contributed by atoms with Gasteiger partial charge in [-0.05, 0) is 104 Å². The highest BCUT2D eigenvalue weighted by Crippen LogP contribution is 2.35. The Hall–Kier alpha value is -6.06. The molecule has 8 rings (SSSR count). The minimum absolute atomic E-state index is 0.614. The van der Waals surface area contributed by atoms with Gasteiger partial charge in [0, 0.05) is 18.0 Å². The van der Waals surface area contributed by atoms with Crippen LogP contribution in [0.5, 0.6) is 0 Å². The first-order valence-corrected chi connectivity index (χ1v) is 15.1. The van der Waals surface area contributed by atoms with Crippen LogP contribution in [-0.2, 0) is 0 Å². The van der Waals surface area contributed by atoms with Crippen LogP contribution >= 0.6 is 0 Å². The summed E-state index contributed by atoms with van der Waals surface area (Å²) < 4.78 is 6.34. The third-order valence-corrected chi connectivity index (χ3v) is 8.21. The molecule has 3 heteroatoms. The summed E-state index contributed by atoms with van der Waals surface area (Å²) in [5, 5.41) is 0. The number of oxazole rings is 1. The summed E-state index contributed by atoms with van der Waals surface area (Å²) in [5.41, 5.74) is 14.1. The van der Waals surface area contributed by atoms with E-state index in [0.717, 1.165) is 50.0 Å². The van der Waals surface area contributed by atoms with Gasteiger partial charge >= 0.3 is 0 Å². The van der Waals surface area contributed by atoms with Crippen LogP contribution in [0.3, 0.4) is 0 Å². The SMILES string of the molecule is c1ccc(-c2cc(-c3ccccc3)cc(-c3ccc4nc(-c5ccc(-c6ccc(-c7cccnc7)cc6)cc5)oc4c3)c2)cc1. The van der Waals surface area contributed by atoms with Crippen molar-refractivity contribution in [2.75, 3.05) is 0 Å². The standard InChI is InChI=1S/C42H28N2O/c1-3-8-29(9-4-1)37-24-38(30-10-5-2-6-11-30)26-39(25-37)35-21-22-40-41(27-35)45-42(44-40)34-19-17-32(18-20-34)31-13-15-33(16-14-31)36-12-7-23-43-28-36/h1-28H. The van der Waals surface area contributed by atoms with Crippen molar-refractivity contribution in [3.05, 3.63) is 170 Å². The topological polar surface area (TPSA) is 38.9 Å². The maximum Gasteiger partial charge on any atom is 0.227 e. The Bertz CT molecular complexity index is 2160. The number of fused-ring (bicyclic) bond motifs is 1. The van der Waals surface area contributed by atoms with Crippen molar-refractivity contribution < 1.29 is 4.42 Å². The zero-order valence-electron chi connectivity index (χ0n) is 24.5. The third-order valence-electron chi connectivity index (χ3n) is 8.21. The van der Waals surface area contributed by atoms with Crippen LogP contribution in [0.1, 0.15) is 0 Å². The number of rotatable bonds is 6. The summed E-state index contributed by atoms with van der Waals surface area (Å²) in [6, 6.07) is 55.1. The zero-order valence-corrected chi connectivity index (χ0v) is 24.5. The van der Waals surface area contributed by atoms with Crippen LogP contribution < -0.4 is 0 Å². The minimum atomic E-state index is 0.614. The van der Waals surface area contributed by atoms with Gasteiger partial charge in [0.15, 0.2) is 5.58 Å². The van der Waals surface area contributed by atoms with Crippen molar-refractivity contribution in [2.45, 2.75) is 0 Å². The second-order valence-corrected chi connectivity index (χ2v) is 11.1. The molecule has 0 aliphatic rings. The number of hydrogen-bond donors (Lipinski definition) is 0. The lowest BCUT2D eigenvalue weighted by molar-refractivity contribution is 0.620. The van der Waals surface area contributed by atoms with Gasteiger partial charge < -0.3 is 4.42 Å². The molecule has 0 spiro atoms. The molecule has 0 atom stereocenters. The van der Waals surface area contributed by atoms with Crippen LogP contribution in [0.25, 0.3) is 78.2 Å². The van der Waals surface area contributed by atoms with Crippen LogP contribution in [0.15, 0.2) is 175 Å². The molecule has 212 valence electrons. The molecule has 0 saturated heterocycles. The van der Waals surface area contributed by atoms with Gasteiger partial charge in [0.05, 0.1) is 0 Å². The first-order chi connectivity index (χ1) is 22.3. The van der Waals surface area contributed by atoms with E-state index in [-0.39, 0.29) is 0 Å². The van der Waals surface area contributed by atoms with E-state index in [0.29, 0.717) is 5.89 Å². The van der Waals surface area contributed by atoms with E-state index in [1.165, 1.54) is 22.3 Å². The molecule has 2 aromatic heterocycles. The summed E-state index contributed by atoms with van der Waals surface area (Å²) in [4.78, 5) is 9.05. The Morgan fingerprint density at radius 3 is 1.38 bits per heavy atom. The lowest BCUT2D eigenvalue weighted by atomic mass is 9.93. The molecule has 45 heavy (non-hydrogen) atoms. The Morgan fingerprint density at radius 1 is 0.356 bits per heavy atom. The number of hydrogen-bond acceptors (Lipinski definition) is 3. The van der Waals surface area contributed by atoms with Crippen molar-refractivity contribution in [3.8, 4) is 67.1 Å². The van der Waals surface area contributed by atoms with Crippen molar-refractivity contribution in [3.63, 3.8) is 0 Å². The normalized spacial score (nSPS) is 11.1. The van der Waals surface area contributed by atoms with E-state index in [4.69, 9.17) is 9.40 Å². The molecular formula is C42H28N2O. The average molecular weight is 577 g/mol. The van der Waals surface area contributed by atoms with Crippen LogP contribution in [0.2, 0.25) is 0 Å². The molecule has 0 N–H and O–H groups in total. The van der Waals surface area contributed by atoms with Gasteiger partial charge in [0.2, 0.25) is 5.89 Å². The van der Waals surface area contributed by atoms with E-state index >= 15 is 0 Å². The largest absolute Gasteiger partial charge is 0.436 e. The molecule has 0 amide bonds. The van der Waals surface area contributed by atoms with Crippen molar-refractivity contribution in [2.24, 2.45) is 0 Å². The summed E-state index contributed by atoms with van der Waals surface area (Å²) in [5.74, 6) is 0.614. The highest BCUT2D eigenvalue weighted by atomic mass is 16.3. The maximum atomic E-state index is 6.34. The van der Waals surface area contributed by atoms with Gasteiger partial charge in [0.1, 0.15) is 5.52 Å². The summed E-state index contributed by atoms with van der Waals surface area (Å²) >= 11 is 0. The van der Waals surface area contributed by atoms with E-state index in [2.05, 4.69) is 151 Å². The summed E-state index contributed by atoms with van der Waals surface area (Å²) in [6.45, 7) is 0. The molecule has 0 radical (unpaired) electrons. The van der Waals surface area contributed by atoms with Gasteiger partial charge in [-0.3, -0.25) is 4.98 Å². The Morgan fingerprint density at radius 2 is 0.822 bits per heavy atom. The van der Waals surface area contributed by atoms with E-state index in [9.17, 15) is 0 Å². The Labute approximate surface area is 262 Å². The smallest absolute Gasteiger partial charge is 0.227 e. The number of pyridine rings is 1. The quantitative estimate of drug-likeness (QED) is 0.198. The van der Waals surface area contributed by atoms with Gasteiger partial charge in [-0.2, -0.15) is 0 Å². The monoisotopic (exact) mass is 576 g/mol. The molecule has 3 nitrogen and oxygen atoms in total. The first-order valence-electron chi connectivity index (χ1n) is 15.1. The second kappa shape index (κ2) is 11.6. The maximum absolute atomic E-state index is 6.34. The first kappa shape index (κ1) is 26.6. The molecule has 0 aliphatic carbocycles. The highest BCUT2D eigenvalue weighted by Gasteiger charge is 2.12. The van der Waals surface area contributed by atoms with Gasteiger partial charge in [-0.15, -0.1) is 0 Å². The second-order valence-electron chi connectivity index (χ2n) is 11.1. The fraction of sp³-hybridized carbons (Fsp3) is 0. The number of aromatic nitrogens is 2. The number of benzene rings is 6. The predicted octanol–water partition coefficient (Wildman–Crippen LogP) is 11.2. The van der Waals surface area contributed by atoms with Crippen LogP contribution in [-0.4, -0.2) is 9.97 Å². The van der Waals surface area contributed by atoms with Crippen molar-refractivity contribution >= 4 is 11.1 Å². The molecule has 2 heterocycles. The Balaban J connectivity index is 1.10. The van der Waals surface area contributed by atoms with Crippen LogP contribution in [0, 0.1) is 0 Å². The lowest BCUT2D eigenvalue weighted by Gasteiger charge is -2.11. The summed E-state index contributed by atoms with van der Waals surface area (Å²) in [7, 11) is 0. The molecule has 0 saturated carbocycles. The highest BCUT2D eigenvalue weighted by molar-refractivity contribution is 5.86. The fourth-order valence-corrected chi connectivity index (χ4v) is 5.81. The third kappa shape index (κ3) is 5.44. The van der Waals surface area contributed by atoms with E-state index < -0.39 is 0 Å². The molecular weight excluding hydrogens is 548 g/mol. The molecule has 6 aromatic carbocycles. The van der Waals surface area contributed by atoms with Gasteiger partial charge in [-0.25, -0.2) is 4.98 Å². The zero-order chi connectivity index (χ0) is 30.0. The average Bonchev–Trinajstić information content (AvgIpc) is 3.56. The summed E-state index contributed by atoms with van der Waals surface area (Å²) in [6.07, 6.45) is 3.68. The lowest BCUT2D eigenvalue weighted by Crippen LogP contribution is -1.86. The molecule has 0 aliphatic heterocycles.